The fraction of sp³-hybridized carbons (Fsp3) is 0. The lowest BCUT2D eigenvalue weighted by molar-refractivity contribution is 0.358. The molecule has 2 rings (SSSR count). The van der Waals surface area contributed by atoms with Gasteiger partial charge in [-0.1, -0.05) is 24.3 Å². The van der Waals surface area contributed by atoms with Crippen molar-refractivity contribution in [3.05, 3.63) is 72.5 Å². The minimum absolute atomic E-state index is 0.811. The summed E-state index contributed by atoms with van der Waals surface area (Å²) in [6.45, 7) is 0. The molecule has 0 bridgehead atoms. The number of ether oxygens (including phenoxy) is 1. The first-order chi connectivity index (χ1) is 6.97. The summed E-state index contributed by atoms with van der Waals surface area (Å²) < 4.78 is 5.42. The fourth-order valence-corrected chi connectivity index (χ4v) is 1.17. The van der Waals surface area contributed by atoms with Gasteiger partial charge in [0, 0.05) is 6.20 Å². The molecule has 0 atom stereocenters. The molecule has 0 unspecified atom stereocenters. The average Bonchev–Trinajstić information content (AvgIpc) is 2.62. The minimum Gasteiger partial charge on any atom is -0.463 e. The van der Waals surface area contributed by atoms with E-state index in [0.717, 1.165) is 11.5 Å². The summed E-state index contributed by atoms with van der Waals surface area (Å²) >= 11 is 0. The highest BCUT2D eigenvalue weighted by Crippen LogP contribution is 2.13. The number of allylic oxidation sites excluding steroid dienone is 8. The highest BCUT2D eigenvalue weighted by Gasteiger charge is 2.03. The Bertz CT molecular complexity index is 343. The van der Waals surface area contributed by atoms with E-state index in [1.54, 1.807) is 6.26 Å². The Kier molecular flexibility index (Phi) is 2.67. The van der Waals surface area contributed by atoms with E-state index in [1.165, 1.54) is 0 Å². The summed E-state index contributed by atoms with van der Waals surface area (Å²) in [5.41, 5.74) is 0.950. The molecule has 2 aliphatic rings. The third kappa shape index (κ3) is 2.04. The first-order valence-corrected chi connectivity index (χ1v) is 4.47. The minimum atomic E-state index is 0.811. The molecule has 0 saturated carbocycles. The molecular formula is C12H11NO. The lowest BCUT2D eigenvalue weighted by Crippen LogP contribution is -2.07. The fourth-order valence-electron chi connectivity index (χ4n) is 1.17. The molecule has 0 aromatic carbocycles. The number of hydrogen-bond donors (Lipinski definition) is 1. The van der Waals surface area contributed by atoms with Crippen molar-refractivity contribution in [2.75, 3.05) is 0 Å². The first-order valence-electron chi connectivity index (χ1n) is 4.47. The molecule has 14 heavy (non-hydrogen) atoms. The Morgan fingerprint density at radius 1 is 0.857 bits per heavy atom. The van der Waals surface area contributed by atoms with Gasteiger partial charge in [0.2, 0.25) is 0 Å². The van der Waals surface area contributed by atoms with Crippen LogP contribution in [-0.2, 0) is 4.74 Å². The van der Waals surface area contributed by atoms with Gasteiger partial charge in [0.1, 0.15) is 5.76 Å². The lowest BCUT2D eigenvalue weighted by Gasteiger charge is -2.08. The van der Waals surface area contributed by atoms with E-state index in [0.29, 0.717) is 0 Å². The maximum absolute atomic E-state index is 5.42. The van der Waals surface area contributed by atoms with E-state index in [9.17, 15) is 0 Å². The van der Waals surface area contributed by atoms with E-state index in [4.69, 9.17) is 4.74 Å². The second-order valence-corrected chi connectivity index (χ2v) is 2.83. The van der Waals surface area contributed by atoms with Crippen LogP contribution in [0, 0.1) is 0 Å². The van der Waals surface area contributed by atoms with Crippen LogP contribution in [0.3, 0.4) is 0 Å². The van der Waals surface area contributed by atoms with Crippen LogP contribution in [0.5, 0.6) is 0 Å². The van der Waals surface area contributed by atoms with Crippen molar-refractivity contribution >= 4 is 0 Å². The highest BCUT2D eigenvalue weighted by atomic mass is 16.5. The van der Waals surface area contributed by atoms with Gasteiger partial charge in [-0.2, -0.15) is 0 Å². The van der Waals surface area contributed by atoms with Crippen LogP contribution in [0.25, 0.3) is 0 Å². The van der Waals surface area contributed by atoms with Gasteiger partial charge >= 0.3 is 0 Å². The summed E-state index contributed by atoms with van der Waals surface area (Å²) in [5.74, 6) is 0.811. The smallest absolute Gasteiger partial charge is 0.149 e. The van der Waals surface area contributed by atoms with Crippen molar-refractivity contribution in [2.45, 2.75) is 0 Å². The summed E-state index contributed by atoms with van der Waals surface area (Å²) in [7, 11) is 0. The Morgan fingerprint density at radius 2 is 1.71 bits per heavy atom. The molecule has 1 N–H and O–H groups in total. The maximum Gasteiger partial charge on any atom is 0.149 e. The van der Waals surface area contributed by atoms with Crippen LogP contribution in [0.1, 0.15) is 0 Å². The number of nitrogens with one attached hydrogen (secondary N) is 1. The topological polar surface area (TPSA) is 21.3 Å². The van der Waals surface area contributed by atoms with Gasteiger partial charge in [0.15, 0.2) is 0 Å². The average molecular weight is 185 g/mol. The maximum atomic E-state index is 5.42. The zero-order valence-electron chi connectivity index (χ0n) is 7.68. The van der Waals surface area contributed by atoms with Crippen LogP contribution in [0.2, 0.25) is 0 Å². The monoisotopic (exact) mass is 185 g/mol. The molecule has 0 aromatic heterocycles. The molecule has 70 valence electrons. The van der Waals surface area contributed by atoms with Crippen LogP contribution < -0.4 is 5.32 Å². The normalized spacial score (nSPS) is 18.9. The zero-order chi connectivity index (χ0) is 9.64. The van der Waals surface area contributed by atoms with Gasteiger partial charge in [0.25, 0.3) is 0 Å². The molecule has 2 heteroatoms. The third-order valence-electron chi connectivity index (χ3n) is 1.83. The van der Waals surface area contributed by atoms with Gasteiger partial charge in [-0.15, -0.1) is 0 Å². The van der Waals surface area contributed by atoms with Crippen LogP contribution >= 0.6 is 0 Å². The molecule has 0 aliphatic carbocycles. The molecule has 0 aromatic rings. The molecule has 2 aliphatic heterocycles. The number of rotatable bonds is 1. The largest absolute Gasteiger partial charge is 0.463 e. The summed E-state index contributed by atoms with van der Waals surface area (Å²) in [6, 6.07) is 0. The van der Waals surface area contributed by atoms with Crippen molar-refractivity contribution in [1.82, 2.24) is 5.32 Å². The predicted octanol–water partition coefficient (Wildman–Crippen LogP) is 2.53. The van der Waals surface area contributed by atoms with Crippen LogP contribution in [0.4, 0.5) is 0 Å². The standard InChI is InChI=1S/C12H11NO/c1-3-7-11(13-9-5-1)12-8-4-2-6-10-14-12/h1-10,13H. The zero-order valence-corrected chi connectivity index (χ0v) is 7.68. The van der Waals surface area contributed by atoms with Crippen LogP contribution in [0.15, 0.2) is 72.5 Å². The Labute approximate surface area is 83.3 Å². The highest BCUT2D eigenvalue weighted by molar-refractivity contribution is 5.36. The Balaban J connectivity index is 2.22. The van der Waals surface area contributed by atoms with Crippen LogP contribution in [-0.4, -0.2) is 0 Å². The molecule has 0 fully saturated rings. The second kappa shape index (κ2) is 4.33. The van der Waals surface area contributed by atoms with E-state index < -0.39 is 0 Å². The molecular weight excluding hydrogens is 174 g/mol. The molecule has 2 nitrogen and oxygen atoms in total. The van der Waals surface area contributed by atoms with Gasteiger partial charge < -0.3 is 10.1 Å². The molecule has 0 amide bonds. The van der Waals surface area contributed by atoms with Crippen molar-refractivity contribution < 1.29 is 4.74 Å². The summed E-state index contributed by atoms with van der Waals surface area (Å²) in [4.78, 5) is 0. The first kappa shape index (κ1) is 8.63. The van der Waals surface area contributed by atoms with Crippen molar-refractivity contribution in [2.24, 2.45) is 0 Å². The summed E-state index contributed by atoms with van der Waals surface area (Å²) in [5, 5.41) is 3.14. The van der Waals surface area contributed by atoms with Gasteiger partial charge in [0.05, 0.1) is 12.0 Å². The van der Waals surface area contributed by atoms with E-state index >= 15 is 0 Å². The molecule has 0 saturated heterocycles. The van der Waals surface area contributed by atoms with Gasteiger partial charge in [-0.3, -0.25) is 0 Å². The van der Waals surface area contributed by atoms with Crippen molar-refractivity contribution in [3.8, 4) is 0 Å². The second-order valence-electron chi connectivity index (χ2n) is 2.83. The van der Waals surface area contributed by atoms with Gasteiger partial charge in [-0.05, 0) is 24.3 Å². The van der Waals surface area contributed by atoms with Crippen molar-refractivity contribution in [1.29, 1.82) is 0 Å². The van der Waals surface area contributed by atoms with E-state index in [2.05, 4.69) is 5.32 Å². The SMILES string of the molecule is C1=CC=C(C2=CC=CC=CO2)NC=C1. The van der Waals surface area contributed by atoms with Gasteiger partial charge in [-0.25, -0.2) is 0 Å². The van der Waals surface area contributed by atoms with E-state index in [1.807, 2.05) is 54.8 Å². The molecule has 2 heterocycles. The van der Waals surface area contributed by atoms with E-state index in [-0.39, 0.29) is 0 Å². The quantitative estimate of drug-likeness (QED) is 0.677. The predicted molar refractivity (Wildman–Crippen MR) is 56.9 cm³/mol. The third-order valence-corrected chi connectivity index (χ3v) is 1.83. The van der Waals surface area contributed by atoms with Crippen molar-refractivity contribution in [3.63, 3.8) is 0 Å². The summed E-state index contributed by atoms with van der Waals surface area (Å²) in [6.07, 6.45) is 19.0. The Hall–Kier alpha value is -1.96. The molecule has 0 radical (unpaired) electrons. The molecule has 0 spiro atoms. The lowest BCUT2D eigenvalue weighted by atomic mass is 10.3. The number of hydrogen-bond acceptors (Lipinski definition) is 2. The Morgan fingerprint density at radius 3 is 2.71 bits per heavy atom.